The van der Waals surface area contributed by atoms with Gasteiger partial charge >= 0.3 is 6.03 Å². The fraction of sp³-hybridized carbons (Fsp3) is 0.438. The molecule has 2 aromatic heterocycles. The molecule has 1 aliphatic rings. The van der Waals surface area contributed by atoms with Crippen molar-refractivity contribution in [2.75, 3.05) is 26.2 Å². The molecule has 1 atom stereocenters. The Kier molecular flexibility index (Phi) is 4.80. The standard InChI is InChI=1S/C16H21N3O2S/c1-13(15-5-3-11-22-15)17-16(20)19-8-6-18(7-9-19)12-14-4-2-10-21-14/h2-5,10-11,13H,6-9,12H2,1H3,(H,17,20). The Balaban J connectivity index is 1.45. The molecule has 0 spiro atoms. The summed E-state index contributed by atoms with van der Waals surface area (Å²) in [6.45, 7) is 6.10. The molecule has 22 heavy (non-hydrogen) atoms. The monoisotopic (exact) mass is 319 g/mol. The average Bonchev–Trinajstić information content (AvgIpc) is 3.21. The number of hydrogen-bond acceptors (Lipinski definition) is 4. The molecule has 1 N–H and O–H groups in total. The van der Waals surface area contributed by atoms with Crippen molar-refractivity contribution in [2.24, 2.45) is 0 Å². The summed E-state index contributed by atoms with van der Waals surface area (Å²) in [5, 5.41) is 5.11. The van der Waals surface area contributed by atoms with Crippen LogP contribution in [0.3, 0.4) is 0 Å². The summed E-state index contributed by atoms with van der Waals surface area (Å²) in [7, 11) is 0. The number of nitrogens with zero attached hydrogens (tertiary/aromatic N) is 2. The maximum absolute atomic E-state index is 12.3. The van der Waals surface area contributed by atoms with Crippen molar-refractivity contribution < 1.29 is 9.21 Å². The number of amides is 2. The third-order valence-corrected chi connectivity index (χ3v) is 4.98. The molecule has 5 nitrogen and oxygen atoms in total. The van der Waals surface area contributed by atoms with E-state index in [9.17, 15) is 4.79 Å². The summed E-state index contributed by atoms with van der Waals surface area (Å²) in [6.07, 6.45) is 1.70. The second-order valence-electron chi connectivity index (χ2n) is 5.53. The lowest BCUT2D eigenvalue weighted by atomic mass is 10.2. The lowest BCUT2D eigenvalue weighted by Crippen LogP contribution is -2.51. The van der Waals surface area contributed by atoms with E-state index in [1.165, 1.54) is 4.88 Å². The summed E-state index contributed by atoms with van der Waals surface area (Å²) in [4.78, 5) is 17.7. The summed E-state index contributed by atoms with van der Waals surface area (Å²) < 4.78 is 5.37. The van der Waals surface area contributed by atoms with Crippen molar-refractivity contribution in [1.29, 1.82) is 0 Å². The van der Waals surface area contributed by atoms with Gasteiger partial charge in [0.05, 0.1) is 18.8 Å². The summed E-state index contributed by atoms with van der Waals surface area (Å²) in [5.41, 5.74) is 0. The minimum Gasteiger partial charge on any atom is -0.468 e. The molecule has 3 rings (SSSR count). The Morgan fingerprint density at radius 2 is 2.14 bits per heavy atom. The van der Waals surface area contributed by atoms with Gasteiger partial charge in [-0.1, -0.05) is 6.07 Å². The minimum absolute atomic E-state index is 0.0264. The Morgan fingerprint density at radius 1 is 1.32 bits per heavy atom. The number of nitrogens with one attached hydrogen (secondary N) is 1. The third kappa shape index (κ3) is 3.69. The topological polar surface area (TPSA) is 48.7 Å². The first kappa shape index (κ1) is 15.1. The van der Waals surface area contributed by atoms with Crippen molar-refractivity contribution in [2.45, 2.75) is 19.5 Å². The van der Waals surface area contributed by atoms with E-state index in [-0.39, 0.29) is 12.1 Å². The Labute approximate surface area is 134 Å². The molecule has 0 radical (unpaired) electrons. The van der Waals surface area contributed by atoms with Crippen molar-refractivity contribution in [3.8, 4) is 0 Å². The molecule has 1 saturated heterocycles. The van der Waals surface area contributed by atoms with Crippen LogP contribution in [0.2, 0.25) is 0 Å². The Hall–Kier alpha value is -1.79. The molecular weight excluding hydrogens is 298 g/mol. The van der Waals surface area contributed by atoms with E-state index >= 15 is 0 Å². The molecule has 0 saturated carbocycles. The van der Waals surface area contributed by atoms with Crippen LogP contribution < -0.4 is 5.32 Å². The SMILES string of the molecule is CC(NC(=O)N1CCN(Cc2ccco2)CC1)c1cccs1. The first-order chi connectivity index (χ1) is 10.7. The number of carbonyl (C=O) groups is 1. The van der Waals surface area contributed by atoms with Gasteiger partial charge < -0.3 is 14.6 Å². The molecule has 6 heteroatoms. The number of rotatable bonds is 4. The van der Waals surface area contributed by atoms with Gasteiger partial charge in [0.15, 0.2) is 0 Å². The van der Waals surface area contributed by atoms with Gasteiger partial charge in [0.25, 0.3) is 0 Å². The van der Waals surface area contributed by atoms with Crippen LogP contribution in [0.15, 0.2) is 40.3 Å². The second kappa shape index (κ2) is 6.98. The predicted molar refractivity (Wildman–Crippen MR) is 86.8 cm³/mol. The van der Waals surface area contributed by atoms with E-state index in [1.807, 2.05) is 35.4 Å². The van der Waals surface area contributed by atoms with E-state index in [1.54, 1.807) is 17.6 Å². The zero-order valence-electron chi connectivity index (χ0n) is 12.7. The normalized spacial score (nSPS) is 17.4. The van der Waals surface area contributed by atoms with E-state index in [0.29, 0.717) is 0 Å². The van der Waals surface area contributed by atoms with Crippen LogP contribution in [-0.4, -0.2) is 42.0 Å². The quantitative estimate of drug-likeness (QED) is 0.942. The molecule has 1 fully saturated rings. The lowest BCUT2D eigenvalue weighted by molar-refractivity contribution is 0.129. The Morgan fingerprint density at radius 3 is 2.77 bits per heavy atom. The van der Waals surface area contributed by atoms with Gasteiger partial charge in [0.1, 0.15) is 5.76 Å². The summed E-state index contributed by atoms with van der Waals surface area (Å²) in [5.74, 6) is 0.976. The van der Waals surface area contributed by atoms with Crippen LogP contribution in [0.1, 0.15) is 23.6 Å². The first-order valence-electron chi connectivity index (χ1n) is 7.56. The molecule has 118 valence electrons. The van der Waals surface area contributed by atoms with Crippen LogP contribution in [0.4, 0.5) is 4.79 Å². The maximum Gasteiger partial charge on any atom is 0.317 e. The van der Waals surface area contributed by atoms with Crippen LogP contribution in [0, 0.1) is 0 Å². The van der Waals surface area contributed by atoms with Crippen molar-refractivity contribution in [3.63, 3.8) is 0 Å². The highest BCUT2D eigenvalue weighted by Gasteiger charge is 2.22. The van der Waals surface area contributed by atoms with E-state index in [4.69, 9.17) is 4.42 Å². The molecule has 0 aromatic carbocycles. The van der Waals surface area contributed by atoms with Gasteiger partial charge in [0, 0.05) is 31.1 Å². The number of carbonyl (C=O) groups excluding carboxylic acids is 1. The molecule has 1 aliphatic heterocycles. The van der Waals surface area contributed by atoms with Crippen LogP contribution in [-0.2, 0) is 6.54 Å². The van der Waals surface area contributed by atoms with Crippen molar-refractivity contribution in [3.05, 3.63) is 46.5 Å². The number of thiophene rings is 1. The molecule has 3 heterocycles. The summed E-state index contributed by atoms with van der Waals surface area (Å²) in [6, 6.07) is 8.05. The number of piperazine rings is 1. The molecule has 0 aliphatic carbocycles. The summed E-state index contributed by atoms with van der Waals surface area (Å²) >= 11 is 1.67. The van der Waals surface area contributed by atoms with Crippen molar-refractivity contribution >= 4 is 17.4 Å². The fourth-order valence-corrected chi connectivity index (χ4v) is 3.35. The van der Waals surface area contributed by atoms with E-state index in [2.05, 4.69) is 16.3 Å². The van der Waals surface area contributed by atoms with E-state index in [0.717, 1.165) is 38.5 Å². The van der Waals surface area contributed by atoms with Crippen LogP contribution >= 0.6 is 11.3 Å². The predicted octanol–water partition coefficient (Wildman–Crippen LogP) is 2.93. The van der Waals surface area contributed by atoms with Gasteiger partial charge in [-0.15, -0.1) is 11.3 Å². The molecule has 2 amide bonds. The minimum atomic E-state index is 0.0264. The fourth-order valence-electron chi connectivity index (χ4n) is 2.62. The van der Waals surface area contributed by atoms with Crippen LogP contribution in [0.25, 0.3) is 0 Å². The maximum atomic E-state index is 12.3. The third-order valence-electron chi connectivity index (χ3n) is 3.93. The molecule has 1 unspecified atom stereocenters. The zero-order valence-corrected chi connectivity index (χ0v) is 13.5. The largest absolute Gasteiger partial charge is 0.468 e. The number of furan rings is 1. The smallest absolute Gasteiger partial charge is 0.317 e. The van der Waals surface area contributed by atoms with Gasteiger partial charge in [-0.2, -0.15) is 0 Å². The van der Waals surface area contributed by atoms with Gasteiger partial charge in [0.2, 0.25) is 0 Å². The molecule has 2 aromatic rings. The van der Waals surface area contributed by atoms with Crippen molar-refractivity contribution in [1.82, 2.24) is 15.1 Å². The van der Waals surface area contributed by atoms with E-state index < -0.39 is 0 Å². The second-order valence-corrected chi connectivity index (χ2v) is 6.51. The number of hydrogen-bond donors (Lipinski definition) is 1. The van der Waals surface area contributed by atoms with Gasteiger partial charge in [-0.25, -0.2) is 4.79 Å². The Bertz CT molecular complexity index is 575. The van der Waals surface area contributed by atoms with Gasteiger partial charge in [-0.3, -0.25) is 4.90 Å². The average molecular weight is 319 g/mol. The number of urea groups is 1. The van der Waals surface area contributed by atoms with Gasteiger partial charge in [-0.05, 0) is 30.5 Å². The highest BCUT2D eigenvalue weighted by Crippen LogP contribution is 2.18. The van der Waals surface area contributed by atoms with Crippen LogP contribution in [0.5, 0.6) is 0 Å². The zero-order chi connectivity index (χ0) is 15.4. The molecule has 0 bridgehead atoms. The molecular formula is C16H21N3O2S. The lowest BCUT2D eigenvalue weighted by Gasteiger charge is -2.34. The highest BCUT2D eigenvalue weighted by atomic mass is 32.1. The highest BCUT2D eigenvalue weighted by molar-refractivity contribution is 7.10. The first-order valence-corrected chi connectivity index (χ1v) is 8.44.